The molecule has 4 nitrogen and oxygen atoms in total. The summed E-state index contributed by atoms with van der Waals surface area (Å²) in [5.74, 6) is 0.780. The maximum absolute atomic E-state index is 9.67. The van der Waals surface area contributed by atoms with Gasteiger partial charge in [-0.3, -0.25) is 4.98 Å². The Morgan fingerprint density at radius 1 is 1.12 bits per heavy atom. The summed E-state index contributed by atoms with van der Waals surface area (Å²) in [7, 11) is 0. The number of hydrogen-bond donors (Lipinski definition) is 2. The number of benzene rings is 1. The van der Waals surface area contributed by atoms with Crippen LogP contribution in [0.15, 0.2) is 42.7 Å². The zero-order chi connectivity index (χ0) is 11.0. The highest BCUT2D eigenvalue weighted by molar-refractivity contribution is 5.80. The lowest BCUT2D eigenvalue weighted by atomic mass is 10.2. The van der Waals surface area contributed by atoms with Crippen molar-refractivity contribution in [2.75, 3.05) is 0 Å². The Morgan fingerprint density at radius 3 is 2.81 bits per heavy atom. The van der Waals surface area contributed by atoms with Crippen LogP contribution in [0, 0.1) is 0 Å². The number of rotatable bonds is 1. The molecule has 0 aliphatic carbocycles. The minimum Gasteiger partial charge on any atom is -0.506 e. The van der Waals surface area contributed by atoms with Crippen molar-refractivity contribution in [2.45, 2.75) is 0 Å². The van der Waals surface area contributed by atoms with Crippen LogP contribution in [0.4, 0.5) is 0 Å². The van der Waals surface area contributed by atoms with E-state index in [-0.39, 0.29) is 5.75 Å². The van der Waals surface area contributed by atoms with Crippen molar-refractivity contribution in [1.82, 2.24) is 15.0 Å². The van der Waals surface area contributed by atoms with Gasteiger partial charge >= 0.3 is 0 Å². The molecule has 0 saturated heterocycles. The van der Waals surface area contributed by atoms with Gasteiger partial charge in [0.25, 0.3) is 0 Å². The average molecular weight is 211 g/mol. The number of fused-ring (bicyclic) bond motifs is 1. The molecule has 0 saturated carbocycles. The summed E-state index contributed by atoms with van der Waals surface area (Å²) in [5.41, 5.74) is 2.49. The third-order valence-electron chi connectivity index (χ3n) is 2.44. The molecule has 0 aliphatic rings. The Labute approximate surface area is 91.6 Å². The van der Waals surface area contributed by atoms with Crippen LogP contribution in [0.25, 0.3) is 22.4 Å². The number of nitrogens with one attached hydrogen (secondary N) is 1. The third kappa shape index (κ3) is 1.32. The van der Waals surface area contributed by atoms with Gasteiger partial charge in [-0.25, -0.2) is 4.98 Å². The van der Waals surface area contributed by atoms with Gasteiger partial charge in [-0.15, -0.1) is 0 Å². The molecular formula is C12H9N3O. The summed E-state index contributed by atoms with van der Waals surface area (Å²) in [4.78, 5) is 11.4. The molecule has 3 aromatic rings. The van der Waals surface area contributed by atoms with Crippen molar-refractivity contribution in [2.24, 2.45) is 0 Å². The van der Waals surface area contributed by atoms with E-state index in [1.807, 2.05) is 24.3 Å². The Morgan fingerprint density at radius 2 is 2.00 bits per heavy atom. The molecule has 2 heterocycles. The van der Waals surface area contributed by atoms with Gasteiger partial charge in [-0.1, -0.05) is 12.1 Å². The largest absolute Gasteiger partial charge is 0.506 e. The Hall–Kier alpha value is -2.36. The van der Waals surface area contributed by atoms with Crippen LogP contribution in [0.3, 0.4) is 0 Å². The second-order valence-electron chi connectivity index (χ2n) is 3.50. The number of aromatic amines is 1. The number of para-hydroxylation sites is 2. The van der Waals surface area contributed by atoms with Gasteiger partial charge in [0.2, 0.25) is 0 Å². The maximum atomic E-state index is 9.67. The molecule has 0 amide bonds. The molecule has 4 heteroatoms. The van der Waals surface area contributed by atoms with Crippen molar-refractivity contribution in [3.63, 3.8) is 0 Å². The molecule has 2 aromatic heterocycles. The van der Waals surface area contributed by atoms with Gasteiger partial charge in [0.1, 0.15) is 11.6 Å². The van der Waals surface area contributed by atoms with E-state index in [0.29, 0.717) is 11.4 Å². The maximum Gasteiger partial charge on any atom is 0.144 e. The molecule has 78 valence electrons. The monoisotopic (exact) mass is 211 g/mol. The second kappa shape index (κ2) is 3.34. The van der Waals surface area contributed by atoms with E-state index in [9.17, 15) is 5.11 Å². The van der Waals surface area contributed by atoms with Crippen molar-refractivity contribution in [3.8, 4) is 17.1 Å². The summed E-state index contributed by atoms with van der Waals surface area (Å²) >= 11 is 0. The molecule has 0 fully saturated rings. The fourth-order valence-electron chi connectivity index (χ4n) is 1.67. The molecule has 0 bridgehead atoms. The molecule has 16 heavy (non-hydrogen) atoms. The fraction of sp³-hybridized carbons (Fsp3) is 0. The van der Waals surface area contributed by atoms with Crippen LogP contribution >= 0.6 is 0 Å². The summed E-state index contributed by atoms with van der Waals surface area (Å²) in [5, 5.41) is 9.67. The number of imidazole rings is 1. The highest BCUT2D eigenvalue weighted by Crippen LogP contribution is 2.26. The lowest BCUT2D eigenvalue weighted by molar-refractivity contribution is 0.474. The number of pyridine rings is 1. The van der Waals surface area contributed by atoms with Crippen molar-refractivity contribution >= 4 is 11.0 Å². The molecule has 0 atom stereocenters. The first-order valence-electron chi connectivity index (χ1n) is 4.93. The van der Waals surface area contributed by atoms with E-state index < -0.39 is 0 Å². The van der Waals surface area contributed by atoms with Crippen LogP contribution in [0.2, 0.25) is 0 Å². The SMILES string of the molecule is Oc1cnccc1-c1nc2ccccc2[nH]1. The second-order valence-corrected chi connectivity index (χ2v) is 3.50. The predicted molar refractivity (Wildman–Crippen MR) is 61.0 cm³/mol. The lowest BCUT2D eigenvalue weighted by Crippen LogP contribution is -1.82. The van der Waals surface area contributed by atoms with Gasteiger partial charge in [-0.2, -0.15) is 0 Å². The molecule has 0 aliphatic heterocycles. The average Bonchev–Trinajstić information content (AvgIpc) is 2.73. The summed E-state index contributed by atoms with van der Waals surface area (Å²) in [6.07, 6.45) is 3.03. The number of hydrogen-bond acceptors (Lipinski definition) is 3. The predicted octanol–water partition coefficient (Wildman–Crippen LogP) is 2.33. The Balaban J connectivity index is 2.23. The quantitative estimate of drug-likeness (QED) is 0.649. The lowest BCUT2D eigenvalue weighted by Gasteiger charge is -1.98. The zero-order valence-corrected chi connectivity index (χ0v) is 8.38. The minimum absolute atomic E-state index is 0.126. The van der Waals surface area contributed by atoms with Crippen LogP contribution < -0.4 is 0 Å². The van der Waals surface area contributed by atoms with Gasteiger partial charge in [0, 0.05) is 6.20 Å². The standard InChI is InChI=1S/C12H9N3O/c16-11-7-13-6-5-8(11)12-14-9-3-1-2-4-10(9)15-12/h1-7,16H,(H,14,15). The zero-order valence-electron chi connectivity index (χ0n) is 8.38. The third-order valence-corrected chi connectivity index (χ3v) is 2.44. The normalized spacial score (nSPS) is 10.8. The molecule has 0 unspecified atom stereocenters. The molecule has 1 aromatic carbocycles. The van der Waals surface area contributed by atoms with Crippen molar-refractivity contribution < 1.29 is 5.11 Å². The molecule has 0 radical (unpaired) electrons. The summed E-state index contributed by atoms with van der Waals surface area (Å²) in [6.45, 7) is 0. The summed E-state index contributed by atoms with van der Waals surface area (Å²) in [6, 6.07) is 9.47. The number of aromatic hydroxyl groups is 1. The van der Waals surface area contributed by atoms with E-state index in [0.717, 1.165) is 11.0 Å². The van der Waals surface area contributed by atoms with E-state index in [1.54, 1.807) is 12.3 Å². The van der Waals surface area contributed by atoms with E-state index in [4.69, 9.17) is 0 Å². The Bertz CT molecular complexity index is 612. The van der Waals surface area contributed by atoms with E-state index in [1.165, 1.54) is 6.20 Å². The highest BCUT2D eigenvalue weighted by Gasteiger charge is 2.08. The van der Waals surface area contributed by atoms with Gasteiger partial charge in [0.15, 0.2) is 0 Å². The molecule has 0 spiro atoms. The number of nitrogens with zero attached hydrogens (tertiary/aromatic N) is 2. The number of aromatic nitrogens is 3. The molecule has 2 N–H and O–H groups in total. The van der Waals surface area contributed by atoms with E-state index >= 15 is 0 Å². The molecule has 3 rings (SSSR count). The first-order chi connectivity index (χ1) is 7.84. The topological polar surface area (TPSA) is 61.8 Å². The van der Waals surface area contributed by atoms with Crippen LogP contribution in [0.1, 0.15) is 0 Å². The van der Waals surface area contributed by atoms with Gasteiger partial charge in [0.05, 0.1) is 22.8 Å². The minimum atomic E-state index is 0.126. The van der Waals surface area contributed by atoms with E-state index in [2.05, 4.69) is 15.0 Å². The Kier molecular flexibility index (Phi) is 1.86. The van der Waals surface area contributed by atoms with Crippen molar-refractivity contribution in [1.29, 1.82) is 0 Å². The number of H-pyrrole nitrogens is 1. The fourth-order valence-corrected chi connectivity index (χ4v) is 1.67. The first-order valence-corrected chi connectivity index (χ1v) is 4.93. The molecular weight excluding hydrogens is 202 g/mol. The van der Waals surface area contributed by atoms with Crippen molar-refractivity contribution in [3.05, 3.63) is 42.7 Å². The highest BCUT2D eigenvalue weighted by atomic mass is 16.3. The van der Waals surface area contributed by atoms with Crippen LogP contribution in [0.5, 0.6) is 5.75 Å². The van der Waals surface area contributed by atoms with Crippen LogP contribution in [-0.2, 0) is 0 Å². The smallest absolute Gasteiger partial charge is 0.144 e. The van der Waals surface area contributed by atoms with Gasteiger partial charge < -0.3 is 10.1 Å². The first kappa shape index (κ1) is 8.91. The van der Waals surface area contributed by atoms with Crippen LogP contribution in [-0.4, -0.2) is 20.1 Å². The van der Waals surface area contributed by atoms with Gasteiger partial charge in [-0.05, 0) is 18.2 Å². The summed E-state index contributed by atoms with van der Waals surface area (Å²) < 4.78 is 0.